The van der Waals surface area contributed by atoms with Crippen LogP contribution in [0.5, 0.6) is 0 Å². The molecule has 0 saturated carbocycles. The zero-order valence-electron chi connectivity index (χ0n) is 16.6. The molecule has 2 saturated heterocycles. The molecule has 0 radical (unpaired) electrons. The second-order valence-corrected chi connectivity index (χ2v) is 7.13. The maximum atomic E-state index is 13.7. The Morgan fingerprint density at radius 2 is 1.97 bits per heavy atom. The third kappa shape index (κ3) is 4.31. The van der Waals surface area contributed by atoms with Gasteiger partial charge in [-0.15, -0.1) is 0 Å². The van der Waals surface area contributed by atoms with E-state index in [-0.39, 0.29) is 41.5 Å². The second-order valence-electron chi connectivity index (χ2n) is 7.13. The summed E-state index contributed by atoms with van der Waals surface area (Å²) in [6, 6.07) is 0.956. The van der Waals surface area contributed by atoms with E-state index in [1.807, 2.05) is 0 Å². The average Bonchev–Trinajstić information content (AvgIpc) is 2.94. The first kappa shape index (κ1) is 21.0. The molecule has 2 N–H and O–H groups in total. The number of carbonyl (C=O) groups is 1. The molecule has 0 aliphatic carbocycles. The van der Waals surface area contributed by atoms with Crippen LogP contribution in [-0.4, -0.2) is 79.3 Å². The standard InChI is InChI=1S/C18H20F3N7O3/c1-10-9-31-17(29)28(10)14-6-12(25-16(26-14)27-2-4-30-5-3-27)11-7-23-13(22)8-24-15(11)18(19,20)21/h6-7,10H,2-5,8-9H2,1H3,(H2,22,23)/t10-/m0/s1. The molecule has 3 aliphatic heterocycles. The van der Waals surface area contributed by atoms with E-state index in [0.29, 0.717) is 26.3 Å². The van der Waals surface area contributed by atoms with Gasteiger partial charge in [0.05, 0.1) is 31.5 Å². The Labute approximate surface area is 175 Å². The fourth-order valence-electron chi connectivity index (χ4n) is 3.35. The fourth-order valence-corrected chi connectivity index (χ4v) is 3.35. The topological polar surface area (TPSA) is 119 Å². The van der Waals surface area contributed by atoms with Gasteiger partial charge in [-0.1, -0.05) is 0 Å². The summed E-state index contributed by atoms with van der Waals surface area (Å²) in [6.45, 7) is 3.25. The average molecular weight is 439 g/mol. The lowest BCUT2D eigenvalue weighted by molar-refractivity contribution is -0.0572. The normalized spacial score (nSPS) is 22.5. The van der Waals surface area contributed by atoms with E-state index in [0.717, 1.165) is 6.20 Å². The maximum absolute atomic E-state index is 13.7. The van der Waals surface area contributed by atoms with Crippen LogP contribution < -0.4 is 15.5 Å². The number of amides is 1. The molecule has 0 unspecified atom stereocenters. The zero-order chi connectivity index (χ0) is 22.2. The summed E-state index contributed by atoms with van der Waals surface area (Å²) in [5.74, 6) is 0.243. The summed E-state index contributed by atoms with van der Waals surface area (Å²) >= 11 is 0. The van der Waals surface area contributed by atoms with Crippen molar-refractivity contribution in [2.45, 2.75) is 19.1 Å². The van der Waals surface area contributed by atoms with Crippen molar-refractivity contribution in [3.63, 3.8) is 0 Å². The largest absolute Gasteiger partial charge is 0.447 e. The van der Waals surface area contributed by atoms with E-state index in [1.54, 1.807) is 11.8 Å². The van der Waals surface area contributed by atoms with Crippen molar-refractivity contribution in [1.82, 2.24) is 9.97 Å². The van der Waals surface area contributed by atoms with Gasteiger partial charge in [-0.3, -0.25) is 9.89 Å². The highest BCUT2D eigenvalue weighted by atomic mass is 19.4. The first-order valence-corrected chi connectivity index (χ1v) is 9.56. The molecule has 13 heteroatoms. The number of nitrogens with zero attached hydrogens (tertiary/aromatic N) is 6. The second kappa shape index (κ2) is 8.13. The Morgan fingerprint density at radius 3 is 2.61 bits per heavy atom. The fraction of sp³-hybridized carbons (Fsp3) is 0.500. The Hall–Kier alpha value is -3.22. The van der Waals surface area contributed by atoms with Gasteiger partial charge in [0.1, 0.15) is 18.3 Å². The van der Waals surface area contributed by atoms with Gasteiger partial charge < -0.3 is 20.1 Å². The SMILES string of the molecule is C[C@H]1COC(=O)N1c1cc(C2=CN=C(N)CN=C2C(F)(F)F)nc(N2CCOCC2)n1. The quantitative estimate of drug-likeness (QED) is 0.756. The smallest absolute Gasteiger partial charge is 0.433 e. The Morgan fingerprint density at radius 1 is 1.23 bits per heavy atom. The van der Waals surface area contributed by atoms with E-state index in [4.69, 9.17) is 15.2 Å². The van der Waals surface area contributed by atoms with Crippen molar-refractivity contribution in [1.29, 1.82) is 0 Å². The number of anilines is 2. The van der Waals surface area contributed by atoms with E-state index < -0.39 is 24.5 Å². The van der Waals surface area contributed by atoms with Gasteiger partial charge in [0.2, 0.25) is 5.95 Å². The number of aromatic nitrogens is 2. The van der Waals surface area contributed by atoms with Crippen LogP contribution in [0.2, 0.25) is 0 Å². The highest BCUT2D eigenvalue weighted by Crippen LogP contribution is 2.32. The minimum Gasteiger partial charge on any atom is -0.447 e. The number of nitrogens with two attached hydrogens (primary N) is 1. The van der Waals surface area contributed by atoms with Gasteiger partial charge in [-0.05, 0) is 6.92 Å². The molecule has 166 valence electrons. The van der Waals surface area contributed by atoms with Crippen molar-refractivity contribution in [3.8, 4) is 0 Å². The summed E-state index contributed by atoms with van der Waals surface area (Å²) in [7, 11) is 0. The van der Waals surface area contributed by atoms with Crippen molar-refractivity contribution in [2.75, 3.05) is 49.3 Å². The molecule has 4 heterocycles. The van der Waals surface area contributed by atoms with Crippen LogP contribution in [0.15, 0.2) is 22.3 Å². The summed E-state index contributed by atoms with van der Waals surface area (Å²) in [5, 5.41) is 0. The van der Waals surface area contributed by atoms with Crippen LogP contribution in [0, 0.1) is 0 Å². The zero-order valence-corrected chi connectivity index (χ0v) is 16.6. The molecular formula is C18H20F3N7O3. The number of hydrogen-bond acceptors (Lipinski definition) is 9. The molecule has 1 atom stereocenters. The molecule has 4 rings (SSSR count). The minimum absolute atomic E-state index is 0.0591. The number of hydrogen-bond donors (Lipinski definition) is 1. The lowest BCUT2D eigenvalue weighted by atomic mass is 10.1. The first-order valence-electron chi connectivity index (χ1n) is 9.56. The number of carbonyl (C=O) groups excluding carboxylic acids is 1. The van der Waals surface area contributed by atoms with Crippen molar-refractivity contribution < 1.29 is 27.4 Å². The number of alkyl halides is 3. The van der Waals surface area contributed by atoms with E-state index >= 15 is 0 Å². The van der Waals surface area contributed by atoms with Crippen LogP contribution >= 0.6 is 0 Å². The van der Waals surface area contributed by atoms with Gasteiger partial charge in [-0.2, -0.15) is 18.2 Å². The van der Waals surface area contributed by atoms with Crippen molar-refractivity contribution in [2.24, 2.45) is 15.7 Å². The number of ether oxygens (including phenoxy) is 2. The number of amidine groups is 1. The molecule has 1 amide bonds. The molecule has 3 aliphatic rings. The summed E-state index contributed by atoms with van der Waals surface area (Å²) in [6.07, 6.45) is -4.39. The van der Waals surface area contributed by atoms with Crippen LogP contribution in [0.1, 0.15) is 12.6 Å². The number of halogens is 3. The highest BCUT2D eigenvalue weighted by molar-refractivity contribution is 6.27. The maximum Gasteiger partial charge on any atom is 0.433 e. The van der Waals surface area contributed by atoms with Gasteiger partial charge >= 0.3 is 12.3 Å². The highest BCUT2D eigenvalue weighted by Gasteiger charge is 2.40. The predicted octanol–water partition coefficient (Wildman–Crippen LogP) is 1.37. The molecule has 1 aromatic heterocycles. The number of aliphatic imine (C=N–C) groups is 2. The number of morpholine rings is 1. The predicted molar refractivity (Wildman–Crippen MR) is 106 cm³/mol. The first-order chi connectivity index (χ1) is 14.7. The molecule has 2 fully saturated rings. The van der Waals surface area contributed by atoms with Gasteiger partial charge in [0, 0.05) is 30.9 Å². The van der Waals surface area contributed by atoms with Gasteiger partial charge in [-0.25, -0.2) is 14.8 Å². The Balaban J connectivity index is 1.86. The molecule has 0 bridgehead atoms. The Bertz CT molecular complexity index is 971. The number of rotatable bonds is 3. The van der Waals surface area contributed by atoms with Gasteiger partial charge in [0.15, 0.2) is 5.71 Å². The lowest BCUT2D eigenvalue weighted by Crippen LogP contribution is -2.38. The van der Waals surface area contributed by atoms with Crippen LogP contribution in [0.3, 0.4) is 0 Å². The van der Waals surface area contributed by atoms with Crippen molar-refractivity contribution >= 4 is 35.0 Å². The van der Waals surface area contributed by atoms with Crippen LogP contribution in [-0.2, 0) is 9.47 Å². The van der Waals surface area contributed by atoms with Gasteiger partial charge in [0.25, 0.3) is 0 Å². The summed E-state index contributed by atoms with van der Waals surface area (Å²) in [4.78, 5) is 31.6. The lowest BCUT2D eigenvalue weighted by Gasteiger charge is -2.28. The monoisotopic (exact) mass is 439 g/mol. The molecule has 31 heavy (non-hydrogen) atoms. The molecule has 1 aromatic rings. The molecule has 10 nitrogen and oxygen atoms in total. The number of allylic oxidation sites excluding steroid dienone is 1. The number of cyclic esters (lactones) is 1. The van der Waals surface area contributed by atoms with Crippen molar-refractivity contribution in [3.05, 3.63) is 18.0 Å². The Kier molecular flexibility index (Phi) is 5.52. The minimum atomic E-state index is -4.75. The third-order valence-corrected chi connectivity index (χ3v) is 4.89. The van der Waals surface area contributed by atoms with Crippen LogP contribution in [0.4, 0.5) is 29.7 Å². The van der Waals surface area contributed by atoms with Crippen LogP contribution in [0.25, 0.3) is 5.57 Å². The van der Waals surface area contributed by atoms with E-state index in [1.165, 1.54) is 11.0 Å². The van der Waals surface area contributed by atoms with E-state index in [2.05, 4.69) is 20.0 Å². The third-order valence-electron chi connectivity index (χ3n) is 4.89. The molecule has 0 aromatic carbocycles. The van der Waals surface area contributed by atoms with E-state index in [9.17, 15) is 18.0 Å². The summed E-state index contributed by atoms with van der Waals surface area (Å²) < 4.78 is 51.6. The molecular weight excluding hydrogens is 419 g/mol. The summed E-state index contributed by atoms with van der Waals surface area (Å²) in [5.41, 5.74) is 4.02. The molecule has 0 spiro atoms.